The number of aromatic nitrogens is 2. The maximum atomic E-state index is 13.3. The first-order chi connectivity index (χ1) is 15.7. The van der Waals surface area contributed by atoms with Gasteiger partial charge in [-0.15, -0.1) is 5.10 Å². The summed E-state index contributed by atoms with van der Waals surface area (Å²) in [6.07, 6.45) is 3.40. The molecule has 7 nitrogen and oxygen atoms in total. The van der Waals surface area contributed by atoms with Crippen LogP contribution in [0, 0.1) is 0 Å². The topological polar surface area (TPSA) is 85.7 Å². The number of amides is 1. The summed E-state index contributed by atoms with van der Waals surface area (Å²) < 4.78 is 0.880. The number of nitrogens with one attached hydrogen (secondary N) is 2. The highest BCUT2D eigenvalue weighted by molar-refractivity contribution is 9.10. The SMILES string of the molecule is CCCCSC1=NN2C(=c3cc(Br)ccc3=NC2c2cn[nH]c2-c2ccccc2)C(=O)N1. The van der Waals surface area contributed by atoms with Crippen molar-refractivity contribution in [3.8, 4) is 11.3 Å². The third-order valence-corrected chi connectivity index (χ3v) is 6.76. The van der Waals surface area contributed by atoms with E-state index in [4.69, 9.17) is 10.1 Å². The Labute approximate surface area is 197 Å². The molecule has 0 saturated carbocycles. The monoisotopic (exact) mass is 508 g/mol. The number of aromatic amines is 1. The Hall–Kier alpha value is -2.91. The summed E-state index contributed by atoms with van der Waals surface area (Å²) in [7, 11) is 0. The van der Waals surface area contributed by atoms with Crippen molar-refractivity contribution in [3.05, 3.63) is 75.3 Å². The minimum absolute atomic E-state index is 0.178. The number of H-pyrrole nitrogens is 1. The average molecular weight is 509 g/mol. The molecule has 32 heavy (non-hydrogen) atoms. The minimum atomic E-state index is -0.513. The number of nitrogens with zero attached hydrogens (tertiary/aromatic N) is 4. The lowest BCUT2D eigenvalue weighted by Crippen LogP contribution is -2.50. The van der Waals surface area contributed by atoms with Crippen molar-refractivity contribution in [2.24, 2.45) is 10.1 Å². The molecule has 162 valence electrons. The van der Waals surface area contributed by atoms with E-state index in [1.807, 2.05) is 48.5 Å². The van der Waals surface area contributed by atoms with Gasteiger partial charge in [-0.05, 0) is 30.2 Å². The van der Waals surface area contributed by atoms with Crippen molar-refractivity contribution in [2.75, 3.05) is 5.75 Å². The number of carbonyl (C=O) groups is 1. The van der Waals surface area contributed by atoms with Crippen LogP contribution in [0.25, 0.3) is 17.0 Å². The number of thioether (sulfide) groups is 1. The highest BCUT2D eigenvalue weighted by atomic mass is 79.9. The van der Waals surface area contributed by atoms with Crippen LogP contribution in [0.4, 0.5) is 0 Å². The van der Waals surface area contributed by atoms with Crippen molar-refractivity contribution in [3.63, 3.8) is 0 Å². The van der Waals surface area contributed by atoms with Gasteiger partial charge in [0.25, 0.3) is 5.91 Å². The van der Waals surface area contributed by atoms with Crippen LogP contribution in [0.1, 0.15) is 31.5 Å². The first-order valence-electron chi connectivity index (χ1n) is 10.4. The summed E-state index contributed by atoms with van der Waals surface area (Å²) in [5.41, 5.74) is 3.21. The van der Waals surface area contributed by atoms with Gasteiger partial charge in [-0.2, -0.15) is 5.10 Å². The Morgan fingerprint density at radius 3 is 2.84 bits per heavy atom. The molecule has 0 fully saturated rings. The van der Waals surface area contributed by atoms with Crippen LogP contribution in [0.5, 0.6) is 0 Å². The van der Waals surface area contributed by atoms with Gasteiger partial charge in [0, 0.05) is 21.0 Å². The molecule has 1 amide bonds. The number of rotatable bonds is 5. The third-order valence-electron chi connectivity index (χ3n) is 5.32. The Bertz CT molecular complexity index is 1320. The molecule has 9 heteroatoms. The number of hydrazone groups is 1. The van der Waals surface area contributed by atoms with Crippen LogP contribution in [0.3, 0.4) is 0 Å². The van der Waals surface area contributed by atoms with E-state index in [1.54, 1.807) is 23.0 Å². The molecule has 0 spiro atoms. The first kappa shape index (κ1) is 21.0. The summed E-state index contributed by atoms with van der Waals surface area (Å²) in [4.78, 5) is 18.2. The fourth-order valence-electron chi connectivity index (χ4n) is 3.76. The summed E-state index contributed by atoms with van der Waals surface area (Å²) >= 11 is 5.07. The van der Waals surface area contributed by atoms with Crippen LogP contribution in [0.2, 0.25) is 0 Å². The molecule has 0 saturated heterocycles. The molecule has 3 aromatic rings. The molecule has 5 rings (SSSR count). The van der Waals surface area contributed by atoms with Crippen LogP contribution in [0.15, 0.2) is 69.3 Å². The lowest BCUT2D eigenvalue weighted by atomic mass is 10.0. The molecule has 2 aliphatic rings. The van der Waals surface area contributed by atoms with Crippen LogP contribution >= 0.6 is 27.7 Å². The largest absolute Gasteiger partial charge is 0.298 e. The number of unbranched alkanes of at least 4 members (excludes halogenated alkanes) is 1. The number of halogens is 1. The van der Waals surface area contributed by atoms with E-state index in [1.165, 1.54) is 0 Å². The van der Waals surface area contributed by atoms with Gasteiger partial charge < -0.3 is 0 Å². The van der Waals surface area contributed by atoms with Gasteiger partial charge in [-0.3, -0.25) is 20.2 Å². The Morgan fingerprint density at radius 1 is 1.19 bits per heavy atom. The quantitative estimate of drug-likeness (QED) is 0.516. The number of carbonyl (C=O) groups excluding carboxylic acids is 1. The Morgan fingerprint density at radius 2 is 2.03 bits per heavy atom. The minimum Gasteiger partial charge on any atom is -0.298 e. The zero-order valence-corrected chi connectivity index (χ0v) is 19.8. The van der Waals surface area contributed by atoms with Gasteiger partial charge in [0.1, 0.15) is 5.70 Å². The molecule has 1 unspecified atom stereocenters. The van der Waals surface area contributed by atoms with Crippen molar-refractivity contribution in [2.45, 2.75) is 25.9 Å². The highest BCUT2D eigenvalue weighted by Gasteiger charge is 2.36. The summed E-state index contributed by atoms with van der Waals surface area (Å²) in [5.74, 6) is 0.715. The number of benzene rings is 2. The lowest BCUT2D eigenvalue weighted by Gasteiger charge is -2.34. The summed E-state index contributed by atoms with van der Waals surface area (Å²) in [6.45, 7) is 2.14. The number of hydrogen-bond acceptors (Lipinski definition) is 6. The molecule has 3 heterocycles. The van der Waals surface area contributed by atoms with Gasteiger partial charge in [0.05, 0.1) is 17.2 Å². The maximum absolute atomic E-state index is 13.3. The standard InChI is InChI=1S/C23H21BrN6OS/c1-2-3-11-32-23-27-22(31)20-16-12-15(24)9-10-18(16)26-21(30(20)29-23)17-13-25-28-19(17)14-7-5-4-6-8-14/h4-10,12-13,21H,2-3,11H2,1H3,(H,25,28)(H,27,29,31). The highest BCUT2D eigenvalue weighted by Crippen LogP contribution is 2.35. The fraction of sp³-hybridized carbons (Fsp3) is 0.217. The van der Waals surface area contributed by atoms with Gasteiger partial charge in [0.15, 0.2) is 11.3 Å². The smallest absolute Gasteiger partial charge is 0.276 e. The first-order valence-corrected chi connectivity index (χ1v) is 12.2. The van der Waals surface area contributed by atoms with Crippen LogP contribution < -0.4 is 15.9 Å². The van der Waals surface area contributed by atoms with E-state index < -0.39 is 6.17 Å². The molecule has 2 aliphatic heterocycles. The zero-order valence-electron chi connectivity index (χ0n) is 17.4. The second-order valence-electron chi connectivity index (χ2n) is 7.49. The van der Waals surface area contributed by atoms with Gasteiger partial charge in [-0.1, -0.05) is 71.4 Å². The van der Waals surface area contributed by atoms with Crippen molar-refractivity contribution in [1.82, 2.24) is 20.5 Å². The number of amidine groups is 1. The second kappa shape index (κ2) is 8.91. The normalized spacial score (nSPS) is 17.2. The number of fused-ring (bicyclic) bond motifs is 2. The molecular weight excluding hydrogens is 488 g/mol. The van der Waals surface area contributed by atoms with Crippen molar-refractivity contribution in [1.29, 1.82) is 0 Å². The zero-order chi connectivity index (χ0) is 22.1. The molecule has 1 aromatic heterocycles. The average Bonchev–Trinajstić information content (AvgIpc) is 3.29. The van der Waals surface area contributed by atoms with E-state index in [-0.39, 0.29) is 5.91 Å². The van der Waals surface area contributed by atoms with E-state index >= 15 is 0 Å². The van der Waals surface area contributed by atoms with E-state index in [0.717, 1.165) is 50.5 Å². The Kier molecular flexibility index (Phi) is 5.84. The van der Waals surface area contributed by atoms with Gasteiger partial charge in [0.2, 0.25) is 0 Å². The molecular formula is C23H21BrN6OS. The lowest BCUT2D eigenvalue weighted by molar-refractivity contribution is -0.116. The van der Waals surface area contributed by atoms with Gasteiger partial charge in [-0.25, -0.2) is 5.01 Å². The van der Waals surface area contributed by atoms with Crippen LogP contribution in [-0.4, -0.2) is 32.0 Å². The molecule has 0 aliphatic carbocycles. The van der Waals surface area contributed by atoms with Crippen LogP contribution in [-0.2, 0) is 4.79 Å². The Balaban J connectivity index is 1.67. The molecule has 0 bridgehead atoms. The number of hydrogen-bond donors (Lipinski definition) is 2. The summed E-state index contributed by atoms with van der Waals surface area (Å²) in [6, 6.07) is 15.7. The van der Waals surface area contributed by atoms with Crippen molar-refractivity contribution < 1.29 is 4.79 Å². The molecule has 0 radical (unpaired) electrons. The predicted molar refractivity (Wildman–Crippen MR) is 130 cm³/mol. The van der Waals surface area contributed by atoms with E-state index in [9.17, 15) is 4.79 Å². The molecule has 1 atom stereocenters. The maximum Gasteiger partial charge on any atom is 0.276 e. The second-order valence-corrected chi connectivity index (χ2v) is 9.48. The molecule has 2 N–H and O–H groups in total. The fourth-order valence-corrected chi connectivity index (χ4v) is 5.06. The predicted octanol–water partition coefficient (Wildman–Crippen LogP) is 3.52. The van der Waals surface area contributed by atoms with E-state index in [2.05, 4.69) is 38.4 Å². The molecule has 2 aromatic carbocycles. The van der Waals surface area contributed by atoms with Gasteiger partial charge >= 0.3 is 0 Å². The van der Waals surface area contributed by atoms with Crippen molar-refractivity contribution >= 4 is 44.5 Å². The summed E-state index contributed by atoms with van der Waals surface area (Å²) in [5, 5.41) is 19.0. The van der Waals surface area contributed by atoms with E-state index in [0.29, 0.717) is 10.9 Å². The third kappa shape index (κ3) is 3.86.